The first-order chi connectivity index (χ1) is 9.12. The van der Waals surface area contributed by atoms with Gasteiger partial charge in [-0.25, -0.2) is 12.6 Å². The largest absolute Gasteiger partial charge is 0.290 e. The summed E-state index contributed by atoms with van der Waals surface area (Å²) in [5.41, 5.74) is 0.883. The highest BCUT2D eigenvalue weighted by atomic mass is 32.3. The van der Waals surface area contributed by atoms with E-state index in [0.717, 1.165) is 5.56 Å². The number of aryl methyl sites for hydroxylation is 1. The minimum absolute atomic E-state index is 0.00266. The molecule has 1 aliphatic heterocycles. The Kier molecular flexibility index (Phi) is 3.96. The van der Waals surface area contributed by atoms with Crippen molar-refractivity contribution in [3.8, 4) is 0 Å². The van der Waals surface area contributed by atoms with Crippen LogP contribution in [0, 0.1) is 6.92 Å². The van der Waals surface area contributed by atoms with Crippen LogP contribution in [0.2, 0.25) is 0 Å². The fraction of sp³-hybridized carbons (Fsp3) is 0.455. The fourth-order valence-corrected chi connectivity index (χ4v) is 9.56. The molecular weight excluding hydrogens is 322 g/mol. The summed E-state index contributed by atoms with van der Waals surface area (Å²) < 4.78 is 62.9. The molecule has 0 spiro atoms. The lowest BCUT2D eigenvalue weighted by molar-refractivity contribution is 0.595. The zero-order valence-electron chi connectivity index (χ0n) is 10.9. The Labute approximate surface area is 119 Å². The molecule has 1 atom stereocenters. The van der Waals surface area contributed by atoms with Crippen LogP contribution in [0.5, 0.6) is 0 Å². The lowest BCUT2D eigenvalue weighted by atomic mass is 10.2. The second kappa shape index (κ2) is 5.12. The van der Waals surface area contributed by atoms with Crippen LogP contribution in [0.25, 0.3) is 0 Å². The Balaban J connectivity index is 2.48. The zero-order chi connectivity index (χ0) is 15.0. The van der Waals surface area contributed by atoms with Crippen LogP contribution in [0.4, 0.5) is 0 Å². The quantitative estimate of drug-likeness (QED) is 0.799. The molecule has 0 saturated carbocycles. The molecule has 112 valence electrons. The van der Waals surface area contributed by atoms with Crippen molar-refractivity contribution in [1.82, 2.24) is 0 Å². The molecule has 20 heavy (non-hydrogen) atoms. The Morgan fingerprint density at radius 1 is 1.05 bits per heavy atom. The smallest absolute Gasteiger partial charge is 0.248 e. The summed E-state index contributed by atoms with van der Waals surface area (Å²) in [6, 6.07) is 5.95. The van der Waals surface area contributed by atoms with Crippen molar-refractivity contribution in [2.45, 2.75) is 18.2 Å². The van der Waals surface area contributed by atoms with Crippen LogP contribution in [-0.2, 0) is 29.6 Å². The maximum atomic E-state index is 12.4. The van der Waals surface area contributed by atoms with Gasteiger partial charge in [-0.1, -0.05) is 17.7 Å². The summed E-state index contributed by atoms with van der Waals surface area (Å²) in [6.07, 6.45) is 0.175. The van der Waals surface area contributed by atoms with E-state index >= 15 is 0 Å². The van der Waals surface area contributed by atoms with Gasteiger partial charge in [0.1, 0.15) is 5.08 Å². The van der Waals surface area contributed by atoms with Crippen molar-refractivity contribution < 1.29 is 21.0 Å². The summed E-state index contributed by atoms with van der Waals surface area (Å²) in [5, 5.41) is -0.676. The maximum absolute atomic E-state index is 12.4. The summed E-state index contributed by atoms with van der Waals surface area (Å²) in [4.78, 5) is -0.0752. The molecule has 0 unspecified atom stereocenters. The normalized spacial score (nSPS) is 26.1. The van der Waals surface area contributed by atoms with Gasteiger partial charge in [0.25, 0.3) is 10.0 Å². The number of sulfonamides is 1. The predicted molar refractivity (Wildman–Crippen MR) is 77.1 cm³/mol. The van der Waals surface area contributed by atoms with Crippen LogP contribution < -0.4 is 0 Å². The molecule has 1 aromatic rings. The number of hydrogen-bond acceptors (Lipinski definition) is 5. The van der Waals surface area contributed by atoms with Gasteiger partial charge >= 0.3 is 0 Å². The highest BCUT2D eigenvalue weighted by Crippen LogP contribution is 2.19. The average molecular weight is 337 g/mol. The molecule has 6 nitrogen and oxygen atoms in total. The molecule has 1 heterocycles. The molecular formula is C11H15NO5S3. The number of sulfone groups is 1. The van der Waals surface area contributed by atoms with E-state index < -0.39 is 34.7 Å². The Morgan fingerprint density at radius 2 is 1.65 bits per heavy atom. The van der Waals surface area contributed by atoms with Gasteiger partial charge < -0.3 is 0 Å². The average Bonchev–Trinajstić information content (AvgIpc) is 2.25. The third-order valence-corrected chi connectivity index (χ3v) is 10.3. The van der Waals surface area contributed by atoms with Gasteiger partial charge in [0.2, 0.25) is 0 Å². The SMILES string of the molecule is Cc1ccc(S(=O)(=O)N=[S@]2(=O)CCCS(=O)(=O)C2)cc1. The lowest BCUT2D eigenvalue weighted by Gasteiger charge is -2.15. The van der Waals surface area contributed by atoms with Crippen molar-refractivity contribution >= 4 is 29.6 Å². The topological polar surface area (TPSA) is 97.7 Å². The number of nitrogens with zero attached hydrogens (tertiary/aromatic N) is 1. The van der Waals surface area contributed by atoms with Crippen molar-refractivity contribution in [2.75, 3.05) is 16.6 Å². The summed E-state index contributed by atoms with van der Waals surface area (Å²) in [5.74, 6) is -0.0680. The van der Waals surface area contributed by atoms with Crippen molar-refractivity contribution in [3.63, 3.8) is 0 Å². The van der Waals surface area contributed by atoms with Gasteiger partial charge in [0.15, 0.2) is 9.84 Å². The van der Waals surface area contributed by atoms with Gasteiger partial charge in [-0.15, -0.1) is 3.77 Å². The molecule has 1 fully saturated rings. The first-order valence-electron chi connectivity index (χ1n) is 5.88. The van der Waals surface area contributed by atoms with E-state index in [1.54, 1.807) is 12.1 Å². The minimum atomic E-state index is -4.10. The highest BCUT2D eigenvalue weighted by Gasteiger charge is 2.29. The number of hydrogen-bond donors (Lipinski definition) is 0. The second-order valence-electron chi connectivity index (χ2n) is 4.76. The predicted octanol–water partition coefficient (Wildman–Crippen LogP) is 0.928. The number of rotatable bonds is 2. The Hall–Kier alpha value is -0.930. The molecule has 0 bridgehead atoms. The molecule has 1 aliphatic rings. The van der Waals surface area contributed by atoms with E-state index in [-0.39, 0.29) is 22.8 Å². The van der Waals surface area contributed by atoms with Crippen molar-refractivity contribution in [3.05, 3.63) is 29.8 Å². The molecule has 0 amide bonds. The molecule has 2 rings (SSSR count). The lowest BCUT2D eigenvalue weighted by Crippen LogP contribution is -2.29. The monoisotopic (exact) mass is 337 g/mol. The molecule has 9 heteroatoms. The van der Waals surface area contributed by atoms with Crippen LogP contribution in [0.3, 0.4) is 0 Å². The van der Waals surface area contributed by atoms with Gasteiger partial charge in [0.05, 0.1) is 20.4 Å². The van der Waals surface area contributed by atoms with Crippen molar-refractivity contribution in [2.24, 2.45) is 3.77 Å². The van der Waals surface area contributed by atoms with Gasteiger partial charge in [0, 0.05) is 5.75 Å². The van der Waals surface area contributed by atoms with Gasteiger partial charge in [-0.2, -0.15) is 8.42 Å². The molecule has 0 aliphatic carbocycles. The van der Waals surface area contributed by atoms with E-state index in [1.165, 1.54) is 12.1 Å². The summed E-state index contributed by atoms with van der Waals surface area (Å²) in [6.45, 7) is 1.81. The fourth-order valence-electron chi connectivity index (χ4n) is 1.89. The third kappa shape index (κ3) is 3.58. The maximum Gasteiger partial charge on any atom is 0.290 e. The van der Waals surface area contributed by atoms with Crippen LogP contribution in [0.1, 0.15) is 12.0 Å². The highest BCUT2D eigenvalue weighted by molar-refractivity contribution is 8.12. The second-order valence-corrected chi connectivity index (χ2v) is 11.6. The van der Waals surface area contributed by atoms with E-state index in [0.29, 0.717) is 0 Å². The zero-order valence-corrected chi connectivity index (χ0v) is 13.3. The van der Waals surface area contributed by atoms with Crippen LogP contribution in [0.15, 0.2) is 32.9 Å². The van der Waals surface area contributed by atoms with Crippen LogP contribution in [-0.4, -0.2) is 37.6 Å². The standard InChI is InChI=1S/C11H15NO5S3/c1-10-3-5-11(6-4-10)20(16,17)12-18(13)7-2-8-19(14,15)9-18/h3-6H,2,7-9H2,1H3/t18-/m0/s1. The molecule has 0 radical (unpaired) electrons. The number of benzene rings is 1. The van der Waals surface area contributed by atoms with E-state index in [9.17, 15) is 21.0 Å². The molecule has 0 aromatic heterocycles. The summed E-state index contributed by atoms with van der Waals surface area (Å²) in [7, 11) is -10.9. The van der Waals surface area contributed by atoms with Gasteiger partial charge in [-0.05, 0) is 25.5 Å². The van der Waals surface area contributed by atoms with Crippen molar-refractivity contribution in [1.29, 1.82) is 0 Å². The van der Waals surface area contributed by atoms with E-state index in [1.807, 2.05) is 6.92 Å². The Morgan fingerprint density at radius 3 is 2.20 bits per heavy atom. The van der Waals surface area contributed by atoms with E-state index in [2.05, 4.69) is 3.77 Å². The minimum Gasteiger partial charge on any atom is -0.248 e. The van der Waals surface area contributed by atoms with Crippen LogP contribution >= 0.6 is 0 Å². The molecule has 1 saturated heterocycles. The molecule has 1 aromatic carbocycles. The summed E-state index contributed by atoms with van der Waals surface area (Å²) >= 11 is 0. The first-order valence-corrected chi connectivity index (χ1v) is 11.0. The van der Waals surface area contributed by atoms with Gasteiger partial charge in [-0.3, -0.25) is 0 Å². The van der Waals surface area contributed by atoms with E-state index in [4.69, 9.17) is 0 Å². The first kappa shape index (κ1) is 15.5. The third-order valence-electron chi connectivity index (χ3n) is 2.84. The Bertz CT molecular complexity index is 829. The molecule has 0 N–H and O–H groups in total.